The molecular formula is C13H17ClN4. The van der Waals surface area contributed by atoms with Crippen molar-refractivity contribution in [2.24, 2.45) is 0 Å². The molecule has 0 aliphatic heterocycles. The molecule has 0 atom stereocenters. The van der Waals surface area contributed by atoms with E-state index in [0.717, 1.165) is 11.5 Å². The van der Waals surface area contributed by atoms with E-state index >= 15 is 0 Å². The molecule has 0 fully saturated rings. The Bertz CT molecular complexity index is 534. The summed E-state index contributed by atoms with van der Waals surface area (Å²) in [6.07, 6.45) is 3.76. The second-order valence-corrected chi connectivity index (χ2v) is 4.96. The van der Waals surface area contributed by atoms with Crippen molar-refractivity contribution in [2.75, 3.05) is 5.32 Å². The molecule has 0 bridgehead atoms. The van der Waals surface area contributed by atoms with Crippen molar-refractivity contribution >= 4 is 17.4 Å². The molecule has 0 spiro atoms. The maximum atomic E-state index is 5.91. The van der Waals surface area contributed by atoms with Crippen LogP contribution >= 0.6 is 11.6 Å². The lowest BCUT2D eigenvalue weighted by molar-refractivity contribution is 0.529. The number of aryl methyl sites for hydroxylation is 1. The Morgan fingerprint density at radius 2 is 2.22 bits per heavy atom. The highest BCUT2D eigenvalue weighted by Gasteiger charge is 2.07. The van der Waals surface area contributed by atoms with E-state index in [1.54, 1.807) is 12.3 Å². The Hall–Kier alpha value is -1.55. The summed E-state index contributed by atoms with van der Waals surface area (Å²) >= 11 is 5.91. The number of pyridine rings is 1. The molecule has 96 valence electrons. The van der Waals surface area contributed by atoms with Gasteiger partial charge in [-0.2, -0.15) is 5.10 Å². The van der Waals surface area contributed by atoms with Gasteiger partial charge < -0.3 is 5.32 Å². The predicted molar refractivity (Wildman–Crippen MR) is 73.9 cm³/mol. The van der Waals surface area contributed by atoms with Gasteiger partial charge in [-0.25, -0.2) is 4.98 Å². The molecule has 0 saturated heterocycles. The summed E-state index contributed by atoms with van der Waals surface area (Å²) in [5, 5.41) is 8.40. The lowest BCUT2D eigenvalue weighted by Crippen LogP contribution is -2.02. The van der Waals surface area contributed by atoms with E-state index in [0.29, 0.717) is 17.6 Å². The molecule has 0 unspecified atom stereocenters. The summed E-state index contributed by atoms with van der Waals surface area (Å²) in [6.45, 7) is 6.94. The maximum absolute atomic E-state index is 5.91. The second kappa shape index (κ2) is 5.40. The van der Waals surface area contributed by atoms with Gasteiger partial charge in [-0.3, -0.25) is 4.68 Å². The van der Waals surface area contributed by atoms with Crippen LogP contribution in [0.5, 0.6) is 0 Å². The number of hydrogen-bond donors (Lipinski definition) is 1. The van der Waals surface area contributed by atoms with E-state index < -0.39 is 0 Å². The molecule has 0 radical (unpaired) electrons. The summed E-state index contributed by atoms with van der Waals surface area (Å²) in [7, 11) is 0. The van der Waals surface area contributed by atoms with Crippen LogP contribution in [-0.4, -0.2) is 14.8 Å². The van der Waals surface area contributed by atoms with E-state index in [2.05, 4.69) is 35.4 Å². The smallest absolute Gasteiger partial charge is 0.127 e. The topological polar surface area (TPSA) is 42.7 Å². The van der Waals surface area contributed by atoms with E-state index in [1.807, 2.05) is 17.7 Å². The first-order valence-corrected chi connectivity index (χ1v) is 6.34. The molecule has 2 rings (SSSR count). The zero-order valence-corrected chi connectivity index (χ0v) is 11.6. The van der Waals surface area contributed by atoms with Crippen molar-refractivity contribution in [2.45, 2.75) is 33.4 Å². The van der Waals surface area contributed by atoms with Crippen molar-refractivity contribution < 1.29 is 0 Å². The molecule has 4 nitrogen and oxygen atoms in total. The summed E-state index contributed by atoms with van der Waals surface area (Å²) in [4.78, 5) is 4.20. The summed E-state index contributed by atoms with van der Waals surface area (Å²) < 4.78 is 1.97. The van der Waals surface area contributed by atoms with Crippen LogP contribution in [0.15, 0.2) is 24.5 Å². The Kier molecular flexibility index (Phi) is 3.87. The number of nitrogens with zero attached hydrogens (tertiary/aromatic N) is 3. The number of anilines is 1. The number of aromatic nitrogens is 3. The Labute approximate surface area is 112 Å². The van der Waals surface area contributed by atoms with Gasteiger partial charge in [0.1, 0.15) is 5.82 Å². The molecule has 1 N–H and O–H groups in total. The van der Waals surface area contributed by atoms with Gasteiger partial charge in [0.2, 0.25) is 0 Å². The van der Waals surface area contributed by atoms with Crippen LogP contribution in [0.1, 0.15) is 31.1 Å². The van der Waals surface area contributed by atoms with E-state index in [-0.39, 0.29) is 0 Å². The first-order chi connectivity index (χ1) is 8.56. The van der Waals surface area contributed by atoms with Crippen LogP contribution in [0, 0.1) is 6.92 Å². The quantitative estimate of drug-likeness (QED) is 0.920. The molecule has 0 aliphatic rings. The average molecular weight is 265 g/mol. The normalized spacial score (nSPS) is 10.9. The molecule has 18 heavy (non-hydrogen) atoms. The standard InChI is InChI=1S/C13H17ClN4/c1-9(2)18-8-11(10(3)17-18)7-16-13-6-12(14)4-5-15-13/h4-6,8-9H,7H2,1-3H3,(H,15,16). The molecular weight excluding hydrogens is 248 g/mol. The van der Waals surface area contributed by atoms with Crippen molar-refractivity contribution in [1.29, 1.82) is 0 Å². The highest BCUT2D eigenvalue weighted by molar-refractivity contribution is 6.30. The molecule has 2 heterocycles. The van der Waals surface area contributed by atoms with Gasteiger partial charge in [-0.05, 0) is 32.9 Å². The van der Waals surface area contributed by atoms with Crippen molar-refractivity contribution in [3.8, 4) is 0 Å². The van der Waals surface area contributed by atoms with Crippen LogP contribution in [0.25, 0.3) is 0 Å². The van der Waals surface area contributed by atoms with Gasteiger partial charge >= 0.3 is 0 Å². The van der Waals surface area contributed by atoms with Crippen LogP contribution in [0.3, 0.4) is 0 Å². The monoisotopic (exact) mass is 264 g/mol. The molecule has 2 aromatic rings. The van der Waals surface area contributed by atoms with E-state index in [9.17, 15) is 0 Å². The third-order valence-electron chi connectivity index (χ3n) is 2.73. The molecule has 2 aromatic heterocycles. The number of nitrogens with one attached hydrogen (secondary N) is 1. The number of hydrogen-bond acceptors (Lipinski definition) is 3. The minimum Gasteiger partial charge on any atom is -0.366 e. The molecule has 0 saturated carbocycles. The highest BCUT2D eigenvalue weighted by atomic mass is 35.5. The predicted octanol–water partition coefficient (Wildman–Crippen LogP) is 3.43. The SMILES string of the molecule is Cc1nn(C(C)C)cc1CNc1cc(Cl)ccn1. The summed E-state index contributed by atoms with van der Waals surface area (Å²) in [6, 6.07) is 3.94. The molecule has 0 aromatic carbocycles. The Morgan fingerprint density at radius 3 is 2.83 bits per heavy atom. The first-order valence-electron chi connectivity index (χ1n) is 5.96. The lowest BCUT2D eigenvalue weighted by atomic mass is 10.2. The largest absolute Gasteiger partial charge is 0.366 e. The van der Waals surface area contributed by atoms with Gasteiger partial charge in [0.25, 0.3) is 0 Å². The average Bonchev–Trinajstić information content (AvgIpc) is 2.68. The minimum atomic E-state index is 0.377. The lowest BCUT2D eigenvalue weighted by Gasteiger charge is -2.05. The van der Waals surface area contributed by atoms with Gasteiger partial charge in [0.05, 0.1) is 5.69 Å². The molecule has 0 amide bonds. The van der Waals surface area contributed by atoms with Gasteiger partial charge in [-0.1, -0.05) is 11.6 Å². The van der Waals surface area contributed by atoms with Crippen molar-refractivity contribution in [3.63, 3.8) is 0 Å². The summed E-state index contributed by atoms with van der Waals surface area (Å²) in [5.41, 5.74) is 2.21. The number of rotatable bonds is 4. The maximum Gasteiger partial charge on any atom is 0.127 e. The van der Waals surface area contributed by atoms with Crippen LogP contribution in [0.4, 0.5) is 5.82 Å². The van der Waals surface area contributed by atoms with Crippen molar-refractivity contribution in [3.05, 3.63) is 40.8 Å². The second-order valence-electron chi connectivity index (χ2n) is 4.53. The summed E-state index contributed by atoms with van der Waals surface area (Å²) in [5.74, 6) is 0.777. The van der Waals surface area contributed by atoms with Crippen LogP contribution < -0.4 is 5.32 Å². The highest BCUT2D eigenvalue weighted by Crippen LogP contribution is 2.15. The first kappa shape index (κ1) is 12.9. The number of halogens is 1. The fourth-order valence-corrected chi connectivity index (χ4v) is 1.80. The fourth-order valence-electron chi connectivity index (χ4n) is 1.64. The third kappa shape index (κ3) is 3.01. The minimum absolute atomic E-state index is 0.377. The molecule has 5 heteroatoms. The Balaban J connectivity index is 2.06. The zero-order valence-electron chi connectivity index (χ0n) is 10.8. The van der Waals surface area contributed by atoms with Crippen molar-refractivity contribution in [1.82, 2.24) is 14.8 Å². The van der Waals surface area contributed by atoms with Crippen LogP contribution in [0.2, 0.25) is 5.02 Å². The van der Waals surface area contributed by atoms with Crippen LogP contribution in [-0.2, 0) is 6.54 Å². The zero-order chi connectivity index (χ0) is 13.1. The Morgan fingerprint density at radius 1 is 1.44 bits per heavy atom. The fraction of sp³-hybridized carbons (Fsp3) is 0.385. The van der Waals surface area contributed by atoms with Gasteiger partial charge in [-0.15, -0.1) is 0 Å². The van der Waals surface area contributed by atoms with Gasteiger partial charge in [0.15, 0.2) is 0 Å². The van der Waals surface area contributed by atoms with Gasteiger partial charge in [0, 0.05) is 35.6 Å². The van der Waals surface area contributed by atoms with E-state index in [1.165, 1.54) is 5.56 Å². The third-order valence-corrected chi connectivity index (χ3v) is 2.96. The van der Waals surface area contributed by atoms with E-state index in [4.69, 9.17) is 11.6 Å². The molecule has 0 aliphatic carbocycles.